The highest BCUT2D eigenvalue weighted by Gasteiger charge is 2.42. The number of alkyl halides is 3. The Morgan fingerprint density at radius 3 is 2.75 bits per heavy atom. The van der Waals surface area contributed by atoms with E-state index in [4.69, 9.17) is 0 Å². The Morgan fingerprint density at radius 2 is 2.00 bits per heavy atom. The number of fused-ring (bicyclic) bond motifs is 2. The number of carbonyl (C=O) groups is 1. The van der Waals surface area contributed by atoms with Crippen molar-refractivity contribution in [2.75, 3.05) is 26.2 Å². The number of nitrogens with one attached hydrogen (secondary N) is 1. The van der Waals surface area contributed by atoms with Gasteiger partial charge in [0.15, 0.2) is 0 Å². The second-order valence-electron chi connectivity index (χ2n) is 8.07. The SMILES string of the molecule is O=C([C@@H]1C=C2c3cccc4[nH]cc(c34)C[C@H]2N(CC(F)(F)F)C1)N1CCCC1. The number of hydrogen-bond acceptors (Lipinski definition) is 2. The third-order valence-corrected chi connectivity index (χ3v) is 6.24. The number of amides is 1. The summed E-state index contributed by atoms with van der Waals surface area (Å²) in [6.45, 7) is 0.546. The van der Waals surface area contributed by atoms with Gasteiger partial charge < -0.3 is 9.88 Å². The third kappa shape index (κ3) is 2.92. The average Bonchev–Trinajstić information content (AvgIpc) is 3.32. The number of likely N-dealkylation sites (tertiary alicyclic amines) is 1. The molecule has 0 spiro atoms. The first-order valence-corrected chi connectivity index (χ1v) is 9.81. The van der Waals surface area contributed by atoms with E-state index in [1.807, 2.05) is 30.5 Å². The first-order valence-electron chi connectivity index (χ1n) is 9.81. The van der Waals surface area contributed by atoms with Gasteiger partial charge in [0, 0.05) is 42.8 Å². The molecule has 2 aliphatic heterocycles. The predicted octanol–water partition coefficient (Wildman–Crippen LogP) is 3.59. The number of benzene rings is 1. The highest BCUT2D eigenvalue weighted by atomic mass is 19.4. The number of hydrogen-bond donors (Lipinski definition) is 1. The molecule has 2 atom stereocenters. The molecule has 3 heterocycles. The minimum Gasteiger partial charge on any atom is -0.361 e. The van der Waals surface area contributed by atoms with Gasteiger partial charge in [0.05, 0.1) is 12.5 Å². The van der Waals surface area contributed by atoms with Crippen LogP contribution in [0.1, 0.15) is 24.0 Å². The van der Waals surface area contributed by atoms with Crippen LogP contribution >= 0.6 is 0 Å². The van der Waals surface area contributed by atoms with Crippen LogP contribution in [0.5, 0.6) is 0 Å². The Morgan fingerprint density at radius 1 is 1.21 bits per heavy atom. The predicted molar refractivity (Wildman–Crippen MR) is 101 cm³/mol. The lowest BCUT2D eigenvalue weighted by molar-refractivity contribution is -0.153. The lowest BCUT2D eigenvalue weighted by Crippen LogP contribution is -2.51. The zero-order valence-corrected chi connectivity index (χ0v) is 15.4. The summed E-state index contributed by atoms with van der Waals surface area (Å²) in [6, 6.07) is 5.51. The maximum Gasteiger partial charge on any atom is 0.401 e. The fourth-order valence-electron chi connectivity index (χ4n) is 5.06. The zero-order chi connectivity index (χ0) is 19.5. The molecule has 4 nitrogen and oxygen atoms in total. The molecule has 0 radical (unpaired) electrons. The van der Waals surface area contributed by atoms with E-state index >= 15 is 0 Å². The van der Waals surface area contributed by atoms with Gasteiger partial charge in [-0.05, 0) is 42.0 Å². The Hall–Kier alpha value is -2.28. The summed E-state index contributed by atoms with van der Waals surface area (Å²) < 4.78 is 40.0. The minimum atomic E-state index is -4.30. The van der Waals surface area contributed by atoms with E-state index in [2.05, 4.69) is 4.98 Å². The van der Waals surface area contributed by atoms with Gasteiger partial charge in [0.1, 0.15) is 0 Å². The fourth-order valence-corrected chi connectivity index (χ4v) is 5.06. The van der Waals surface area contributed by atoms with E-state index in [9.17, 15) is 18.0 Å². The summed E-state index contributed by atoms with van der Waals surface area (Å²) in [4.78, 5) is 19.5. The molecule has 3 aliphatic rings. The summed E-state index contributed by atoms with van der Waals surface area (Å²) in [6.07, 6.45) is 2.02. The van der Waals surface area contributed by atoms with Crippen LogP contribution in [0.4, 0.5) is 13.2 Å². The van der Waals surface area contributed by atoms with E-state index in [-0.39, 0.29) is 18.5 Å². The average molecular weight is 389 g/mol. The third-order valence-electron chi connectivity index (χ3n) is 6.24. The molecule has 0 unspecified atom stereocenters. The molecule has 2 aromatic rings. The van der Waals surface area contributed by atoms with Crippen molar-refractivity contribution in [3.05, 3.63) is 41.6 Å². The van der Waals surface area contributed by atoms with Crippen LogP contribution in [0, 0.1) is 5.92 Å². The molecule has 28 heavy (non-hydrogen) atoms. The van der Waals surface area contributed by atoms with Crippen LogP contribution in [-0.4, -0.2) is 59.1 Å². The van der Waals surface area contributed by atoms with E-state index in [1.165, 1.54) is 4.90 Å². The van der Waals surface area contributed by atoms with Gasteiger partial charge in [-0.15, -0.1) is 0 Å². The van der Waals surface area contributed by atoms with E-state index < -0.39 is 18.6 Å². The van der Waals surface area contributed by atoms with Gasteiger partial charge in [-0.25, -0.2) is 0 Å². The molecular formula is C21H22F3N3O. The van der Waals surface area contributed by atoms with Gasteiger partial charge in [0.2, 0.25) is 5.91 Å². The topological polar surface area (TPSA) is 39.3 Å². The number of aromatic nitrogens is 1. The second-order valence-corrected chi connectivity index (χ2v) is 8.07. The van der Waals surface area contributed by atoms with Gasteiger partial charge in [-0.3, -0.25) is 9.69 Å². The summed E-state index contributed by atoms with van der Waals surface area (Å²) in [7, 11) is 0. The van der Waals surface area contributed by atoms with Crippen molar-refractivity contribution in [2.45, 2.75) is 31.5 Å². The quantitative estimate of drug-likeness (QED) is 0.853. The van der Waals surface area contributed by atoms with E-state index in [1.54, 1.807) is 4.90 Å². The van der Waals surface area contributed by atoms with Gasteiger partial charge >= 0.3 is 6.18 Å². The number of H-pyrrole nitrogens is 1. The highest BCUT2D eigenvalue weighted by molar-refractivity contribution is 5.99. The largest absolute Gasteiger partial charge is 0.401 e. The first kappa shape index (κ1) is 17.8. The number of halogens is 3. The first-order chi connectivity index (χ1) is 13.4. The molecule has 1 aliphatic carbocycles. The lowest BCUT2D eigenvalue weighted by Gasteiger charge is -2.42. The molecule has 1 N–H and O–H groups in total. The van der Waals surface area contributed by atoms with Crippen LogP contribution in [0.2, 0.25) is 0 Å². The van der Waals surface area contributed by atoms with Crippen LogP contribution in [0.15, 0.2) is 30.5 Å². The Balaban J connectivity index is 1.58. The van der Waals surface area contributed by atoms with E-state index in [0.29, 0.717) is 19.5 Å². The summed E-state index contributed by atoms with van der Waals surface area (Å²) in [5.41, 5.74) is 3.85. The molecule has 148 valence electrons. The molecule has 0 saturated carbocycles. The lowest BCUT2D eigenvalue weighted by atomic mass is 9.79. The van der Waals surface area contributed by atoms with Crippen LogP contribution in [-0.2, 0) is 11.2 Å². The normalized spacial score (nSPS) is 25.1. The van der Waals surface area contributed by atoms with Crippen molar-refractivity contribution >= 4 is 22.4 Å². The molecule has 1 aromatic heterocycles. The standard InChI is InChI=1S/C21H22F3N3O/c22-21(23,24)12-27-11-14(20(28)26-6-1-2-7-26)8-16-15-4-3-5-17-19(15)13(10-25-17)9-18(16)27/h3-5,8,10,14,18,25H,1-2,6-7,9,11-12H2/t14-,18-/m1/s1. The van der Waals surface area contributed by atoms with Crippen molar-refractivity contribution in [2.24, 2.45) is 5.92 Å². The molecule has 5 rings (SSSR count). The van der Waals surface area contributed by atoms with Gasteiger partial charge in [-0.1, -0.05) is 18.2 Å². The van der Waals surface area contributed by atoms with Crippen LogP contribution in [0.3, 0.4) is 0 Å². The number of carbonyl (C=O) groups excluding carboxylic acids is 1. The molecule has 1 saturated heterocycles. The molecule has 0 bridgehead atoms. The Bertz CT molecular complexity index is 955. The van der Waals surface area contributed by atoms with E-state index in [0.717, 1.165) is 40.4 Å². The van der Waals surface area contributed by atoms with Crippen molar-refractivity contribution in [1.29, 1.82) is 0 Å². The maximum atomic E-state index is 13.3. The van der Waals surface area contributed by atoms with Crippen molar-refractivity contribution in [3.8, 4) is 0 Å². The highest BCUT2D eigenvalue weighted by Crippen LogP contribution is 2.42. The summed E-state index contributed by atoms with van der Waals surface area (Å²) in [5.74, 6) is -0.565. The van der Waals surface area contributed by atoms with Crippen molar-refractivity contribution in [3.63, 3.8) is 0 Å². The number of nitrogens with zero attached hydrogens (tertiary/aromatic N) is 2. The number of aromatic amines is 1. The minimum absolute atomic E-state index is 0.0392. The smallest absolute Gasteiger partial charge is 0.361 e. The summed E-state index contributed by atoms with van der Waals surface area (Å²) >= 11 is 0. The Labute approximate surface area is 161 Å². The van der Waals surface area contributed by atoms with Crippen LogP contribution < -0.4 is 0 Å². The second kappa shape index (κ2) is 6.37. The van der Waals surface area contributed by atoms with Gasteiger partial charge in [0.25, 0.3) is 0 Å². The van der Waals surface area contributed by atoms with Gasteiger partial charge in [-0.2, -0.15) is 13.2 Å². The molecular weight excluding hydrogens is 367 g/mol. The molecule has 1 amide bonds. The monoisotopic (exact) mass is 389 g/mol. The summed E-state index contributed by atoms with van der Waals surface area (Å²) in [5, 5.41) is 1.08. The van der Waals surface area contributed by atoms with Crippen molar-refractivity contribution < 1.29 is 18.0 Å². The zero-order valence-electron chi connectivity index (χ0n) is 15.4. The number of rotatable bonds is 2. The Kier molecular flexibility index (Phi) is 4.05. The molecule has 7 heteroatoms. The molecule has 1 fully saturated rings. The molecule has 1 aromatic carbocycles. The van der Waals surface area contributed by atoms with Crippen molar-refractivity contribution in [1.82, 2.24) is 14.8 Å². The van der Waals surface area contributed by atoms with Crippen LogP contribution in [0.25, 0.3) is 16.5 Å². The maximum absolute atomic E-state index is 13.3. The fraction of sp³-hybridized carbons (Fsp3) is 0.476.